The van der Waals surface area contributed by atoms with E-state index in [2.05, 4.69) is 58.6 Å². The molecule has 0 amide bonds. The van der Waals surface area contributed by atoms with Crippen molar-refractivity contribution in [3.63, 3.8) is 0 Å². The summed E-state index contributed by atoms with van der Waals surface area (Å²) in [4.78, 5) is 11.9. The van der Waals surface area contributed by atoms with E-state index in [0.717, 1.165) is 56.2 Å². The van der Waals surface area contributed by atoms with E-state index in [4.69, 9.17) is 9.41 Å². The minimum Gasteiger partial charge on any atom is -0.444 e. The third kappa shape index (κ3) is 7.57. The second kappa shape index (κ2) is 12.7. The molecule has 1 saturated heterocycles. The lowest BCUT2D eigenvalue weighted by molar-refractivity contribution is 0.198. The van der Waals surface area contributed by atoms with Crippen LogP contribution in [0.5, 0.6) is 0 Å². The number of aryl methyl sites for hydroxylation is 1. The molecule has 7 heteroatoms. The monoisotopic (exact) mass is 559 g/mol. The summed E-state index contributed by atoms with van der Waals surface area (Å²) in [6.45, 7) is 8.76. The standard InChI is InChI=1S/C26H33N5O.HI/c1-3-27-26(28-17-24-19-32-25(29-24)22-10-5-4-6-11-22)30-23-12-14-31(15-13-23)18-21-9-7-8-20(2)16-21;/h4-11,16,19,23H,3,12-15,17-18H2,1-2H3,(H2,27,28,30);1H. The number of likely N-dealkylation sites (tertiary alicyclic amines) is 1. The molecule has 2 heterocycles. The zero-order valence-electron chi connectivity index (χ0n) is 19.5. The molecule has 0 radical (unpaired) electrons. The summed E-state index contributed by atoms with van der Waals surface area (Å²) in [7, 11) is 0. The highest BCUT2D eigenvalue weighted by Gasteiger charge is 2.20. The van der Waals surface area contributed by atoms with Crippen molar-refractivity contribution in [1.82, 2.24) is 20.5 Å². The Bertz CT molecular complexity index is 1010. The highest BCUT2D eigenvalue weighted by atomic mass is 127. The lowest BCUT2D eigenvalue weighted by Gasteiger charge is -2.33. The average Bonchev–Trinajstić information content (AvgIpc) is 3.29. The van der Waals surface area contributed by atoms with E-state index in [0.29, 0.717) is 18.5 Å². The normalized spacial score (nSPS) is 15.2. The Morgan fingerprint density at radius 2 is 1.91 bits per heavy atom. The van der Waals surface area contributed by atoms with Crippen molar-refractivity contribution in [1.29, 1.82) is 0 Å². The third-order valence-electron chi connectivity index (χ3n) is 5.73. The van der Waals surface area contributed by atoms with E-state index in [1.165, 1.54) is 11.1 Å². The van der Waals surface area contributed by atoms with Gasteiger partial charge in [0.25, 0.3) is 0 Å². The van der Waals surface area contributed by atoms with Gasteiger partial charge in [-0.3, -0.25) is 4.90 Å². The number of oxazole rings is 1. The van der Waals surface area contributed by atoms with Gasteiger partial charge in [0.05, 0.1) is 6.54 Å². The van der Waals surface area contributed by atoms with Gasteiger partial charge in [-0.25, -0.2) is 9.98 Å². The highest BCUT2D eigenvalue weighted by molar-refractivity contribution is 14.0. The number of rotatable bonds is 7. The van der Waals surface area contributed by atoms with E-state index < -0.39 is 0 Å². The first-order valence-electron chi connectivity index (χ1n) is 11.5. The first-order chi connectivity index (χ1) is 15.7. The number of nitrogens with one attached hydrogen (secondary N) is 2. The molecule has 1 fully saturated rings. The van der Waals surface area contributed by atoms with Crippen molar-refractivity contribution >= 4 is 29.9 Å². The van der Waals surface area contributed by atoms with Gasteiger partial charge >= 0.3 is 0 Å². The molecule has 33 heavy (non-hydrogen) atoms. The van der Waals surface area contributed by atoms with Gasteiger partial charge < -0.3 is 15.1 Å². The number of hydrogen-bond acceptors (Lipinski definition) is 4. The molecule has 176 valence electrons. The van der Waals surface area contributed by atoms with Crippen LogP contribution in [-0.4, -0.2) is 41.5 Å². The van der Waals surface area contributed by atoms with E-state index in [9.17, 15) is 0 Å². The topological polar surface area (TPSA) is 65.7 Å². The molecule has 6 nitrogen and oxygen atoms in total. The van der Waals surface area contributed by atoms with Crippen molar-refractivity contribution in [2.75, 3.05) is 19.6 Å². The number of halogens is 1. The second-order valence-electron chi connectivity index (χ2n) is 8.39. The van der Waals surface area contributed by atoms with Gasteiger partial charge in [-0.2, -0.15) is 0 Å². The predicted octanol–water partition coefficient (Wildman–Crippen LogP) is 4.99. The minimum atomic E-state index is 0. The van der Waals surface area contributed by atoms with Crippen LogP contribution in [0.15, 0.2) is 70.3 Å². The summed E-state index contributed by atoms with van der Waals surface area (Å²) in [5, 5.41) is 6.98. The molecule has 0 atom stereocenters. The molecule has 0 spiro atoms. The largest absolute Gasteiger partial charge is 0.444 e. The molecule has 0 unspecified atom stereocenters. The predicted molar refractivity (Wildman–Crippen MR) is 145 cm³/mol. The molecule has 4 rings (SSSR count). The molecule has 1 aliphatic rings. The Labute approximate surface area is 213 Å². The number of guanidine groups is 1. The third-order valence-corrected chi connectivity index (χ3v) is 5.73. The van der Waals surface area contributed by atoms with Crippen LogP contribution in [0.1, 0.15) is 36.6 Å². The Kier molecular flexibility index (Phi) is 9.75. The van der Waals surface area contributed by atoms with Crippen molar-refractivity contribution in [3.05, 3.63) is 77.7 Å². The SMILES string of the molecule is CCNC(=NCc1coc(-c2ccccc2)n1)NC1CCN(Cc2cccc(C)c2)CC1.I. The minimum absolute atomic E-state index is 0. The number of piperidine rings is 1. The fourth-order valence-corrected chi connectivity index (χ4v) is 4.07. The summed E-state index contributed by atoms with van der Waals surface area (Å²) >= 11 is 0. The van der Waals surface area contributed by atoms with Gasteiger partial charge in [0.15, 0.2) is 5.96 Å². The number of aromatic nitrogens is 1. The summed E-state index contributed by atoms with van der Waals surface area (Å²) in [6.07, 6.45) is 3.91. The molecule has 0 saturated carbocycles. The second-order valence-corrected chi connectivity index (χ2v) is 8.39. The Balaban J connectivity index is 0.00000306. The number of benzene rings is 2. The van der Waals surface area contributed by atoms with Crippen LogP contribution < -0.4 is 10.6 Å². The van der Waals surface area contributed by atoms with E-state index in [1.54, 1.807) is 6.26 Å². The smallest absolute Gasteiger partial charge is 0.226 e. The fraction of sp³-hybridized carbons (Fsp3) is 0.385. The van der Waals surface area contributed by atoms with Gasteiger partial charge in [-0.05, 0) is 44.4 Å². The summed E-state index contributed by atoms with van der Waals surface area (Å²) < 4.78 is 5.63. The van der Waals surface area contributed by atoms with Crippen molar-refractivity contribution in [2.45, 2.75) is 45.8 Å². The van der Waals surface area contributed by atoms with Gasteiger partial charge in [-0.1, -0.05) is 48.0 Å². The average molecular weight is 559 g/mol. The van der Waals surface area contributed by atoms with Crippen LogP contribution in [-0.2, 0) is 13.1 Å². The van der Waals surface area contributed by atoms with Crippen LogP contribution >= 0.6 is 24.0 Å². The highest BCUT2D eigenvalue weighted by Crippen LogP contribution is 2.18. The van der Waals surface area contributed by atoms with E-state index in [-0.39, 0.29) is 24.0 Å². The van der Waals surface area contributed by atoms with Crippen molar-refractivity contribution < 1.29 is 4.42 Å². The first-order valence-corrected chi connectivity index (χ1v) is 11.5. The molecular formula is C26H34IN5O. The molecule has 1 aliphatic heterocycles. The van der Waals surface area contributed by atoms with Crippen LogP contribution in [0, 0.1) is 6.92 Å². The van der Waals surface area contributed by atoms with E-state index >= 15 is 0 Å². The Hall–Kier alpha value is -2.39. The lowest BCUT2D eigenvalue weighted by atomic mass is 10.0. The zero-order chi connectivity index (χ0) is 22.2. The first kappa shape index (κ1) is 25.2. The Morgan fingerprint density at radius 3 is 2.64 bits per heavy atom. The van der Waals surface area contributed by atoms with Gasteiger partial charge in [0.2, 0.25) is 5.89 Å². The molecule has 3 aromatic rings. The molecule has 2 aromatic carbocycles. The van der Waals surface area contributed by atoms with Crippen molar-refractivity contribution in [3.8, 4) is 11.5 Å². The maximum atomic E-state index is 5.63. The van der Waals surface area contributed by atoms with Crippen molar-refractivity contribution in [2.24, 2.45) is 4.99 Å². The molecular weight excluding hydrogens is 525 g/mol. The molecule has 2 N–H and O–H groups in total. The quantitative estimate of drug-likeness (QED) is 0.243. The molecule has 0 aliphatic carbocycles. The number of nitrogens with zero attached hydrogens (tertiary/aromatic N) is 3. The van der Waals surface area contributed by atoms with E-state index in [1.807, 2.05) is 30.3 Å². The number of aliphatic imine (C=N–C) groups is 1. The summed E-state index contributed by atoms with van der Waals surface area (Å²) in [5.74, 6) is 1.48. The fourth-order valence-electron chi connectivity index (χ4n) is 4.07. The van der Waals surface area contributed by atoms with Crippen LogP contribution in [0.3, 0.4) is 0 Å². The molecule has 0 bridgehead atoms. The van der Waals surface area contributed by atoms with Gasteiger partial charge in [0.1, 0.15) is 12.0 Å². The van der Waals surface area contributed by atoms with Crippen LogP contribution in [0.25, 0.3) is 11.5 Å². The Morgan fingerprint density at radius 1 is 1.12 bits per heavy atom. The number of hydrogen-bond donors (Lipinski definition) is 2. The van der Waals surface area contributed by atoms with Crippen LogP contribution in [0.2, 0.25) is 0 Å². The van der Waals surface area contributed by atoms with Gasteiger partial charge in [-0.15, -0.1) is 24.0 Å². The zero-order valence-corrected chi connectivity index (χ0v) is 21.8. The maximum Gasteiger partial charge on any atom is 0.226 e. The lowest BCUT2D eigenvalue weighted by Crippen LogP contribution is -2.48. The summed E-state index contributed by atoms with van der Waals surface area (Å²) in [5.41, 5.74) is 4.53. The maximum absolute atomic E-state index is 5.63. The summed E-state index contributed by atoms with van der Waals surface area (Å²) in [6, 6.07) is 19.2. The van der Waals surface area contributed by atoms with Gasteiger partial charge in [0, 0.05) is 37.8 Å². The van der Waals surface area contributed by atoms with Crippen LogP contribution in [0.4, 0.5) is 0 Å². The molecule has 1 aromatic heterocycles.